The number of carboxylic acid groups (broad SMARTS) is 3. The van der Waals surface area contributed by atoms with E-state index in [-0.39, 0.29) is 30.3 Å². The Balaban J connectivity index is 1.98. The van der Waals surface area contributed by atoms with E-state index in [2.05, 4.69) is 13.5 Å². The molecule has 0 saturated carbocycles. The van der Waals surface area contributed by atoms with Crippen molar-refractivity contribution in [3.8, 4) is 0 Å². The van der Waals surface area contributed by atoms with Crippen LogP contribution in [-0.2, 0) is 49.3 Å². The van der Waals surface area contributed by atoms with Gasteiger partial charge < -0.3 is 44.5 Å². The second-order valence-corrected chi connectivity index (χ2v) is 13.5. The predicted molar refractivity (Wildman–Crippen MR) is 171 cm³/mol. The van der Waals surface area contributed by atoms with Crippen LogP contribution >= 0.6 is 0 Å². The minimum Gasteiger partial charge on any atom is -0.479 e. The van der Waals surface area contributed by atoms with E-state index in [1.807, 2.05) is 51.1 Å². The molecule has 3 rings (SSSR count). The van der Waals surface area contributed by atoms with Crippen molar-refractivity contribution in [2.45, 2.75) is 121 Å². The van der Waals surface area contributed by atoms with Crippen LogP contribution in [0.5, 0.6) is 0 Å². The zero-order valence-corrected chi connectivity index (χ0v) is 28.5. The molecule has 0 spiro atoms. The third kappa shape index (κ3) is 7.98. The van der Waals surface area contributed by atoms with Crippen molar-refractivity contribution >= 4 is 29.8 Å². The van der Waals surface area contributed by atoms with Crippen LogP contribution in [0.15, 0.2) is 42.5 Å². The molecule has 272 valence electrons. The average molecular weight is 693 g/mol. The second-order valence-electron chi connectivity index (χ2n) is 13.5. The summed E-state index contributed by atoms with van der Waals surface area (Å²) in [6.07, 6.45) is -6.96. The van der Waals surface area contributed by atoms with E-state index in [9.17, 15) is 49.5 Å². The molecule has 2 fully saturated rings. The SMILES string of the molecule is C=C(CC[C@]12O[C@H](C(=O)O)[C@@](O)(C(=O)O)[C@](C(=O)O)(O1)[C@H](OC(=O)CCC(C)CC(C)CC)[C@H]2O)[C@@H](OC(C)=O)[C@H](C)Cc1ccccc1. The first kappa shape index (κ1) is 39.6. The second kappa shape index (κ2) is 15.8. The molecule has 10 atom stereocenters. The number of aliphatic carboxylic acids is 3. The van der Waals surface area contributed by atoms with Crippen LogP contribution in [0.1, 0.15) is 78.7 Å². The maximum absolute atomic E-state index is 13.1. The molecule has 0 amide bonds. The third-order valence-electron chi connectivity index (χ3n) is 9.61. The van der Waals surface area contributed by atoms with Crippen molar-refractivity contribution in [3.63, 3.8) is 0 Å². The lowest BCUT2D eigenvalue weighted by Gasteiger charge is -2.48. The maximum Gasteiger partial charge on any atom is 0.344 e. The first-order chi connectivity index (χ1) is 22.9. The summed E-state index contributed by atoms with van der Waals surface area (Å²) >= 11 is 0. The molecule has 2 aliphatic heterocycles. The molecule has 14 heteroatoms. The summed E-state index contributed by atoms with van der Waals surface area (Å²) in [6, 6.07) is 9.31. The van der Waals surface area contributed by atoms with Gasteiger partial charge in [0.05, 0.1) is 0 Å². The molecule has 14 nitrogen and oxygen atoms in total. The summed E-state index contributed by atoms with van der Waals surface area (Å²) in [5.74, 6) is -10.8. The fraction of sp³-hybridized carbons (Fsp3) is 0.629. The van der Waals surface area contributed by atoms with E-state index in [1.54, 1.807) is 0 Å². The molecule has 0 radical (unpaired) electrons. The fourth-order valence-electron chi connectivity index (χ4n) is 6.83. The fourth-order valence-corrected chi connectivity index (χ4v) is 6.83. The number of aliphatic hydroxyl groups is 2. The van der Waals surface area contributed by atoms with E-state index in [0.717, 1.165) is 18.4 Å². The normalized spacial score (nSPS) is 30.0. The monoisotopic (exact) mass is 692 g/mol. The van der Waals surface area contributed by atoms with Crippen LogP contribution in [-0.4, -0.2) is 96.8 Å². The van der Waals surface area contributed by atoms with E-state index < -0.39 is 77.7 Å². The summed E-state index contributed by atoms with van der Waals surface area (Å²) in [4.78, 5) is 63.1. The first-order valence-electron chi connectivity index (χ1n) is 16.4. The van der Waals surface area contributed by atoms with Crippen LogP contribution in [0.25, 0.3) is 0 Å². The first-order valence-corrected chi connectivity index (χ1v) is 16.4. The van der Waals surface area contributed by atoms with E-state index in [1.165, 1.54) is 6.92 Å². The van der Waals surface area contributed by atoms with Gasteiger partial charge in [0.15, 0.2) is 6.10 Å². The molecule has 2 aliphatic rings. The van der Waals surface area contributed by atoms with Gasteiger partial charge in [-0.05, 0) is 48.7 Å². The molecule has 2 heterocycles. The zero-order chi connectivity index (χ0) is 36.9. The van der Waals surface area contributed by atoms with Gasteiger partial charge >= 0.3 is 29.8 Å². The highest BCUT2D eigenvalue weighted by Gasteiger charge is 2.85. The van der Waals surface area contributed by atoms with Crippen molar-refractivity contribution < 1.29 is 68.5 Å². The van der Waals surface area contributed by atoms with Gasteiger partial charge in [-0.1, -0.05) is 71.0 Å². The van der Waals surface area contributed by atoms with Crippen LogP contribution in [0.3, 0.4) is 0 Å². The minimum atomic E-state index is -3.87. The molecular formula is C35H48O14. The number of carbonyl (C=O) groups is 5. The Morgan fingerprint density at radius 2 is 1.61 bits per heavy atom. The number of aliphatic hydroxyl groups excluding tert-OH is 1. The summed E-state index contributed by atoms with van der Waals surface area (Å²) in [5, 5.41) is 53.6. The highest BCUT2D eigenvalue weighted by molar-refractivity contribution is 5.98. The minimum absolute atomic E-state index is 0.0578. The van der Waals surface area contributed by atoms with Crippen molar-refractivity contribution in [1.82, 2.24) is 0 Å². The number of hydrogen-bond donors (Lipinski definition) is 5. The largest absolute Gasteiger partial charge is 0.479 e. The van der Waals surface area contributed by atoms with E-state index >= 15 is 0 Å². The topological polar surface area (TPSA) is 223 Å². The summed E-state index contributed by atoms with van der Waals surface area (Å²) in [7, 11) is 0. The standard InChI is InChI=1S/C35H48O14/c1-7-19(2)17-20(3)13-14-25(37)47-28-27(38)33(48-29(30(39)40)34(45,31(41)42)35(28,49-33)32(43)44)16-15-21(4)26(46-23(6)36)22(5)18-24-11-9-8-10-12-24/h8-12,19-20,22,26-29,38,45H,4,7,13-18H2,1-3,5-6H3,(H,39,40)(H,41,42)(H,43,44)/t19?,20?,22-,26-,27-,28-,29-,33+,34-,35+/m1/s1. The average Bonchev–Trinajstić information content (AvgIpc) is 3.25. The Bertz CT molecular complexity index is 1400. The molecule has 1 aromatic carbocycles. The predicted octanol–water partition coefficient (Wildman–Crippen LogP) is 3.11. The van der Waals surface area contributed by atoms with Crippen molar-refractivity contribution in [3.05, 3.63) is 48.0 Å². The summed E-state index contributed by atoms with van der Waals surface area (Å²) < 4.78 is 22.2. The Labute approximate surface area is 285 Å². The number of rotatable bonds is 18. The van der Waals surface area contributed by atoms with Gasteiger partial charge in [-0.2, -0.15) is 0 Å². The Hall–Kier alpha value is -3.85. The zero-order valence-electron chi connectivity index (χ0n) is 28.5. The Kier molecular flexibility index (Phi) is 12.8. The van der Waals surface area contributed by atoms with Crippen LogP contribution in [0.2, 0.25) is 0 Å². The Morgan fingerprint density at radius 1 is 0.980 bits per heavy atom. The lowest BCUT2D eigenvalue weighted by molar-refractivity contribution is -0.374. The summed E-state index contributed by atoms with van der Waals surface area (Å²) in [6.45, 7) is 13.0. The number of ether oxygens (including phenoxy) is 4. The van der Waals surface area contributed by atoms with Crippen molar-refractivity contribution in [2.24, 2.45) is 17.8 Å². The highest BCUT2D eigenvalue weighted by Crippen LogP contribution is 2.56. The van der Waals surface area contributed by atoms with E-state index in [4.69, 9.17) is 18.9 Å². The molecule has 2 saturated heterocycles. The Morgan fingerprint density at radius 3 is 2.14 bits per heavy atom. The number of carboxylic acids is 3. The van der Waals surface area contributed by atoms with Crippen LogP contribution in [0, 0.1) is 17.8 Å². The summed E-state index contributed by atoms with van der Waals surface area (Å²) in [5.41, 5.74) is -6.20. The van der Waals surface area contributed by atoms with Gasteiger partial charge in [-0.15, -0.1) is 0 Å². The number of carbonyl (C=O) groups excluding carboxylic acids is 2. The van der Waals surface area contributed by atoms with Crippen molar-refractivity contribution in [2.75, 3.05) is 0 Å². The smallest absolute Gasteiger partial charge is 0.344 e. The van der Waals surface area contributed by atoms with E-state index in [0.29, 0.717) is 18.8 Å². The molecule has 0 aromatic heterocycles. The molecular weight excluding hydrogens is 644 g/mol. The quantitative estimate of drug-likeness (QED) is 0.110. The van der Waals surface area contributed by atoms with Crippen molar-refractivity contribution in [1.29, 1.82) is 0 Å². The van der Waals surface area contributed by atoms with Crippen LogP contribution < -0.4 is 0 Å². The molecule has 0 aliphatic carbocycles. The number of hydrogen-bond acceptors (Lipinski definition) is 11. The number of fused-ring (bicyclic) bond motifs is 2. The van der Waals surface area contributed by atoms with Crippen LogP contribution in [0.4, 0.5) is 0 Å². The van der Waals surface area contributed by atoms with Gasteiger partial charge in [-0.25, -0.2) is 14.4 Å². The molecule has 1 aromatic rings. The van der Waals surface area contributed by atoms with Gasteiger partial charge in [0.25, 0.3) is 0 Å². The lowest BCUT2D eigenvalue weighted by Crippen LogP contribution is -2.78. The van der Waals surface area contributed by atoms with Gasteiger partial charge in [-0.3, -0.25) is 9.59 Å². The molecule has 2 unspecified atom stereocenters. The van der Waals surface area contributed by atoms with Gasteiger partial charge in [0, 0.05) is 25.7 Å². The molecule has 5 N–H and O–H groups in total. The molecule has 2 bridgehead atoms. The lowest BCUT2D eigenvalue weighted by atomic mass is 9.74. The molecule has 49 heavy (non-hydrogen) atoms. The maximum atomic E-state index is 13.1. The number of benzene rings is 1. The van der Waals surface area contributed by atoms with Gasteiger partial charge in [0.1, 0.15) is 12.2 Å². The number of esters is 2. The third-order valence-corrected chi connectivity index (χ3v) is 9.61. The van der Waals surface area contributed by atoms with Gasteiger partial charge in [0.2, 0.25) is 23.1 Å². The highest BCUT2D eigenvalue weighted by atomic mass is 16.8.